The molecule has 0 fully saturated rings. The summed E-state index contributed by atoms with van der Waals surface area (Å²) in [5.41, 5.74) is 4.47. The Morgan fingerprint density at radius 2 is 1.82 bits per heavy atom. The first-order valence-electron chi connectivity index (χ1n) is 6.63. The molecule has 1 amide bonds. The molecular weight excluding hydrogens is 346 g/mol. The van der Waals surface area contributed by atoms with Gasteiger partial charge in [-0.25, -0.2) is 0 Å². The Balaban J connectivity index is 1.96. The summed E-state index contributed by atoms with van der Waals surface area (Å²) in [6, 6.07) is 13.0. The minimum atomic E-state index is -0.218. The van der Waals surface area contributed by atoms with Crippen LogP contribution in [-0.4, -0.2) is 16.8 Å². The number of allylic oxidation sites excluding steroid dienone is 1. The van der Waals surface area contributed by atoms with Crippen LogP contribution in [0.1, 0.15) is 11.1 Å². The SMILES string of the molecule is O=C1Nc2cc(Br)ccc2/C1=C1/Nc2ccccc2/C1=N/O. The Hall–Kier alpha value is -2.60. The Bertz CT molecular complexity index is 887. The number of carbonyl (C=O) groups is 1. The molecule has 0 spiro atoms. The van der Waals surface area contributed by atoms with Crippen LogP contribution >= 0.6 is 15.9 Å². The molecular formula is C16H10BrN3O2. The average Bonchev–Trinajstić information content (AvgIpc) is 3.02. The number of amides is 1. The number of hydrogen-bond acceptors (Lipinski definition) is 4. The molecule has 0 saturated heterocycles. The monoisotopic (exact) mass is 355 g/mol. The summed E-state index contributed by atoms with van der Waals surface area (Å²) < 4.78 is 0.886. The normalized spacial score (nSPS) is 20.6. The maximum Gasteiger partial charge on any atom is 0.258 e. The lowest BCUT2D eigenvalue weighted by molar-refractivity contribution is -0.110. The Morgan fingerprint density at radius 1 is 1.00 bits per heavy atom. The van der Waals surface area contributed by atoms with Gasteiger partial charge in [-0.3, -0.25) is 4.79 Å². The van der Waals surface area contributed by atoms with Gasteiger partial charge in [0.05, 0.1) is 17.0 Å². The Labute approximate surface area is 134 Å². The minimum absolute atomic E-state index is 0.218. The number of rotatable bonds is 0. The van der Waals surface area contributed by atoms with Gasteiger partial charge in [-0.1, -0.05) is 45.4 Å². The fraction of sp³-hybridized carbons (Fsp3) is 0. The van der Waals surface area contributed by atoms with Gasteiger partial charge in [0.15, 0.2) is 0 Å². The van der Waals surface area contributed by atoms with Gasteiger partial charge in [0.2, 0.25) is 0 Å². The van der Waals surface area contributed by atoms with Crippen molar-refractivity contribution in [2.24, 2.45) is 5.16 Å². The number of oxime groups is 1. The van der Waals surface area contributed by atoms with E-state index in [1.54, 1.807) is 0 Å². The maximum absolute atomic E-state index is 12.4. The molecule has 0 bridgehead atoms. The van der Waals surface area contributed by atoms with Crippen LogP contribution in [0.15, 0.2) is 57.8 Å². The summed E-state index contributed by atoms with van der Waals surface area (Å²) in [5, 5.41) is 18.8. The highest BCUT2D eigenvalue weighted by Crippen LogP contribution is 2.39. The van der Waals surface area contributed by atoms with Gasteiger partial charge in [0.1, 0.15) is 5.71 Å². The van der Waals surface area contributed by atoms with Gasteiger partial charge >= 0.3 is 0 Å². The second-order valence-corrected chi connectivity index (χ2v) is 5.93. The van der Waals surface area contributed by atoms with Crippen molar-refractivity contribution in [2.75, 3.05) is 10.6 Å². The summed E-state index contributed by atoms with van der Waals surface area (Å²) in [6.45, 7) is 0. The van der Waals surface area contributed by atoms with Crippen LogP contribution in [0.4, 0.5) is 11.4 Å². The molecule has 0 saturated carbocycles. The molecule has 22 heavy (non-hydrogen) atoms. The molecule has 6 heteroatoms. The van der Waals surface area contributed by atoms with Crippen molar-refractivity contribution in [3.63, 3.8) is 0 Å². The van der Waals surface area contributed by atoms with Gasteiger partial charge < -0.3 is 15.8 Å². The molecule has 0 atom stereocenters. The molecule has 3 N–H and O–H groups in total. The number of carbonyl (C=O) groups excluding carboxylic acids is 1. The van der Waals surface area contributed by atoms with Crippen LogP contribution in [0.5, 0.6) is 0 Å². The highest BCUT2D eigenvalue weighted by atomic mass is 79.9. The second-order valence-electron chi connectivity index (χ2n) is 5.01. The molecule has 2 aliphatic heterocycles. The third-order valence-electron chi connectivity index (χ3n) is 3.75. The summed E-state index contributed by atoms with van der Waals surface area (Å²) in [4.78, 5) is 12.4. The lowest BCUT2D eigenvalue weighted by atomic mass is 10.0. The smallest absolute Gasteiger partial charge is 0.258 e. The molecule has 2 aliphatic rings. The van der Waals surface area contributed by atoms with Crippen LogP contribution in [-0.2, 0) is 4.79 Å². The van der Waals surface area contributed by atoms with Crippen molar-refractivity contribution in [3.8, 4) is 0 Å². The van der Waals surface area contributed by atoms with E-state index in [9.17, 15) is 10.0 Å². The second kappa shape index (κ2) is 4.71. The number of nitrogens with one attached hydrogen (secondary N) is 2. The number of benzene rings is 2. The fourth-order valence-corrected chi connectivity index (χ4v) is 3.17. The molecule has 0 aromatic heterocycles. The third-order valence-corrected chi connectivity index (χ3v) is 4.25. The summed E-state index contributed by atoms with van der Waals surface area (Å²) >= 11 is 3.39. The molecule has 2 aromatic carbocycles. The van der Waals surface area contributed by atoms with E-state index in [4.69, 9.17) is 0 Å². The minimum Gasteiger partial charge on any atom is -0.410 e. The first-order chi connectivity index (χ1) is 10.7. The molecule has 0 unspecified atom stereocenters. The highest BCUT2D eigenvalue weighted by molar-refractivity contribution is 9.10. The standard InChI is InChI=1S/C16H10BrN3O2/c17-8-5-6-9-12(7-8)19-16(21)13(9)15-14(20-22)10-3-1-2-4-11(10)18-15/h1-7,18,22H,(H,19,21)/b15-13-,20-14-. The van der Waals surface area contributed by atoms with Crippen LogP contribution in [0.25, 0.3) is 5.57 Å². The van der Waals surface area contributed by atoms with Crippen molar-refractivity contribution in [3.05, 3.63) is 63.8 Å². The number of fused-ring (bicyclic) bond motifs is 2. The molecule has 2 aromatic rings. The Kier molecular flexibility index (Phi) is 2.80. The first-order valence-corrected chi connectivity index (χ1v) is 7.43. The third kappa shape index (κ3) is 1.77. The average molecular weight is 356 g/mol. The number of hydrogen-bond donors (Lipinski definition) is 3. The molecule has 108 valence electrons. The highest BCUT2D eigenvalue weighted by Gasteiger charge is 2.34. The van der Waals surface area contributed by atoms with E-state index in [0.29, 0.717) is 17.0 Å². The van der Waals surface area contributed by atoms with E-state index in [2.05, 4.69) is 31.7 Å². The molecule has 2 heterocycles. The van der Waals surface area contributed by atoms with Gasteiger partial charge in [-0.05, 0) is 18.2 Å². The summed E-state index contributed by atoms with van der Waals surface area (Å²) in [6.07, 6.45) is 0. The van der Waals surface area contributed by atoms with Crippen LogP contribution in [0.3, 0.4) is 0 Å². The number of anilines is 2. The molecule has 0 radical (unpaired) electrons. The topological polar surface area (TPSA) is 73.7 Å². The molecule has 5 nitrogen and oxygen atoms in total. The van der Waals surface area contributed by atoms with E-state index >= 15 is 0 Å². The van der Waals surface area contributed by atoms with Crippen molar-refractivity contribution < 1.29 is 10.0 Å². The lowest BCUT2D eigenvalue weighted by Gasteiger charge is -2.05. The van der Waals surface area contributed by atoms with Crippen LogP contribution < -0.4 is 10.6 Å². The molecule has 4 rings (SSSR count). The van der Waals surface area contributed by atoms with Crippen molar-refractivity contribution in [2.45, 2.75) is 0 Å². The lowest BCUT2D eigenvalue weighted by Crippen LogP contribution is -2.12. The number of nitrogens with zero attached hydrogens (tertiary/aromatic N) is 1. The zero-order valence-electron chi connectivity index (χ0n) is 11.2. The maximum atomic E-state index is 12.4. The molecule has 0 aliphatic carbocycles. The van der Waals surface area contributed by atoms with E-state index in [0.717, 1.165) is 27.0 Å². The van der Waals surface area contributed by atoms with Gasteiger partial charge in [-0.15, -0.1) is 0 Å². The van der Waals surface area contributed by atoms with Gasteiger partial charge in [-0.2, -0.15) is 0 Å². The predicted molar refractivity (Wildman–Crippen MR) is 88.1 cm³/mol. The largest absolute Gasteiger partial charge is 0.410 e. The fourth-order valence-electron chi connectivity index (χ4n) is 2.81. The predicted octanol–water partition coefficient (Wildman–Crippen LogP) is 3.42. The van der Waals surface area contributed by atoms with Crippen LogP contribution in [0, 0.1) is 0 Å². The summed E-state index contributed by atoms with van der Waals surface area (Å²) in [5.74, 6) is -0.218. The van der Waals surface area contributed by atoms with E-state index < -0.39 is 0 Å². The number of para-hydroxylation sites is 1. The Morgan fingerprint density at radius 3 is 2.64 bits per heavy atom. The van der Waals surface area contributed by atoms with E-state index in [1.165, 1.54) is 0 Å². The number of halogens is 1. The van der Waals surface area contributed by atoms with E-state index in [1.807, 2.05) is 42.5 Å². The van der Waals surface area contributed by atoms with E-state index in [-0.39, 0.29) is 5.91 Å². The van der Waals surface area contributed by atoms with Crippen molar-refractivity contribution >= 4 is 44.5 Å². The zero-order valence-corrected chi connectivity index (χ0v) is 12.8. The first kappa shape index (κ1) is 13.1. The van der Waals surface area contributed by atoms with Crippen LogP contribution in [0.2, 0.25) is 0 Å². The summed E-state index contributed by atoms with van der Waals surface area (Å²) in [7, 11) is 0. The quantitative estimate of drug-likeness (QED) is 0.385. The van der Waals surface area contributed by atoms with Gasteiger partial charge in [0, 0.05) is 21.3 Å². The zero-order chi connectivity index (χ0) is 15.3. The van der Waals surface area contributed by atoms with Crippen molar-refractivity contribution in [1.29, 1.82) is 0 Å². The van der Waals surface area contributed by atoms with Gasteiger partial charge in [0.25, 0.3) is 5.91 Å². The van der Waals surface area contributed by atoms with Crippen molar-refractivity contribution in [1.82, 2.24) is 0 Å².